The third-order valence-corrected chi connectivity index (χ3v) is 2.28. The molecule has 0 aromatic heterocycles. The minimum atomic E-state index is -1.23. The van der Waals surface area contributed by atoms with Crippen molar-refractivity contribution in [1.82, 2.24) is 0 Å². The molecule has 0 radical (unpaired) electrons. The molecule has 0 atom stereocenters. The predicted octanol–water partition coefficient (Wildman–Crippen LogP) is 3.57. The van der Waals surface area contributed by atoms with E-state index in [0.717, 1.165) is 0 Å². The zero-order chi connectivity index (χ0) is 10.0. The van der Waals surface area contributed by atoms with Gasteiger partial charge in [-0.1, -0.05) is 39.1 Å². The molecule has 1 rings (SSSR count). The molecule has 0 spiro atoms. The quantitative estimate of drug-likeness (QED) is 0.600. The number of carbonyl (C=O) groups excluding carboxylic acids is 1. The van der Waals surface area contributed by atoms with Crippen LogP contribution in [-0.2, 0) is 0 Å². The number of carbonyl (C=O) groups is 1. The fourth-order valence-electron chi connectivity index (χ4n) is 0.804. The van der Waals surface area contributed by atoms with Gasteiger partial charge in [-0.25, -0.2) is 4.39 Å². The van der Waals surface area contributed by atoms with E-state index in [1.54, 1.807) is 0 Å². The van der Waals surface area contributed by atoms with Crippen molar-refractivity contribution in [3.05, 3.63) is 34.1 Å². The van der Waals surface area contributed by atoms with Crippen LogP contribution in [0.2, 0.25) is 0 Å². The first-order valence-corrected chi connectivity index (χ1v) is 4.96. The summed E-state index contributed by atoms with van der Waals surface area (Å²) in [5.41, 5.74) is -0.107. The van der Waals surface area contributed by atoms with Crippen LogP contribution in [0.4, 0.5) is 4.39 Å². The largest absolute Gasteiger partial charge is 0.291 e. The van der Waals surface area contributed by atoms with Gasteiger partial charge in [-0.3, -0.25) is 4.79 Å². The molecule has 13 heavy (non-hydrogen) atoms. The fourth-order valence-corrected chi connectivity index (χ4v) is 1.40. The molecule has 0 aliphatic rings. The van der Waals surface area contributed by atoms with Gasteiger partial charge in [0.1, 0.15) is 5.82 Å². The Hall–Kier alpha value is -0.120. The van der Waals surface area contributed by atoms with E-state index in [1.165, 1.54) is 18.2 Å². The molecule has 0 amide bonds. The van der Waals surface area contributed by atoms with Crippen LogP contribution in [0.25, 0.3) is 0 Å². The smallest absolute Gasteiger partial charge is 0.198 e. The second-order valence-electron chi connectivity index (χ2n) is 2.29. The SMILES string of the molecule is O=C(c1cc(Br)ccc1F)C(Cl)Cl. The van der Waals surface area contributed by atoms with E-state index in [1.807, 2.05) is 0 Å². The van der Waals surface area contributed by atoms with Crippen molar-refractivity contribution in [2.45, 2.75) is 4.84 Å². The van der Waals surface area contributed by atoms with E-state index in [9.17, 15) is 9.18 Å². The van der Waals surface area contributed by atoms with Gasteiger partial charge in [0.05, 0.1) is 5.56 Å². The Kier molecular flexibility index (Phi) is 3.71. The van der Waals surface area contributed by atoms with Crippen LogP contribution < -0.4 is 0 Å². The zero-order valence-electron chi connectivity index (χ0n) is 6.23. The lowest BCUT2D eigenvalue weighted by atomic mass is 10.1. The van der Waals surface area contributed by atoms with E-state index in [-0.39, 0.29) is 5.56 Å². The number of benzene rings is 1. The monoisotopic (exact) mass is 284 g/mol. The molecule has 0 saturated heterocycles. The number of hydrogen-bond donors (Lipinski definition) is 0. The number of rotatable bonds is 2. The summed E-state index contributed by atoms with van der Waals surface area (Å²) in [5, 5.41) is 0. The van der Waals surface area contributed by atoms with E-state index in [2.05, 4.69) is 15.9 Å². The molecule has 5 heteroatoms. The Bertz CT molecular complexity index is 341. The van der Waals surface area contributed by atoms with Crippen LogP contribution in [0.5, 0.6) is 0 Å². The summed E-state index contributed by atoms with van der Waals surface area (Å²) >= 11 is 13.8. The summed E-state index contributed by atoms with van der Waals surface area (Å²) in [6.07, 6.45) is 0. The third kappa shape index (κ3) is 2.66. The van der Waals surface area contributed by atoms with Gasteiger partial charge < -0.3 is 0 Å². The zero-order valence-corrected chi connectivity index (χ0v) is 9.33. The second kappa shape index (κ2) is 4.40. The lowest BCUT2D eigenvalue weighted by Gasteiger charge is -2.02. The Labute approximate surface area is 93.0 Å². The normalized spacial score (nSPS) is 10.5. The first-order chi connectivity index (χ1) is 6.02. The Morgan fingerprint density at radius 3 is 2.62 bits per heavy atom. The summed E-state index contributed by atoms with van der Waals surface area (Å²) in [6, 6.07) is 4.01. The molecule has 0 heterocycles. The maximum absolute atomic E-state index is 13.0. The lowest BCUT2D eigenvalue weighted by molar-refractivity contribution is 0.100. The molecule has 1 nitrogen and oxygen atoms in total. The number of alkyl halides is 2. The van der Waals surface area contributed by atoms with Gasteiger partial charge in [-0.15, -0.1) is 0 Å². The van der Waals surface area contributed by atoms with E-state index in [4.69, 9.17) is 23.2 Å². The molecular formula is C8H4BrCl2FO. The number of Topliss-reactive ketones (excluding diaryl/α,β-unsaturated/α-hetero) is 1. The van der Waals surface area contributed by atoms with Crippen molar-refractivity contribution in [2.75, 3.05) is 0 Å². The summed E-state index contributed by atoms with van der Waals surface area (Å²) < 4.78 is 13.6. The van der Waals surface area contributed by atoms with E-state index in [0.29, 0.717) is 4.47 Å². The topological polar surface area (TPSA) is 17.1 Å². The van der Waals surface area contributed by atoms with Crippen molar-refractivity contribution in [3.8, 4) is 0 Å². The van der Waals surface area contributed by atoms with Gasteiger partial charge in [0.2, 0.25) is 0 Å². The van der Waals surface area contributed by atoms with Gasteiger partial charge in [0.15, 0.2) is 10.6 Å². The van der Waals surface area contributed by atoms with Crippen molar-refractivity contribution in [2.24, 2.45) is 0 Å². The van der Waals surface area contributed by atoms with Crippen LogP contribution in [-0.4, -0.2) is 10.6 Å². The fraction of sp³-hybridized carbons (Fsp3) is 0.125. The highest BCUT2D eigenvalue weighted by atomic mass is 79.9. The molecule has 0 aliphatic carbocycles. The molecule has 0 fully saturated rings. The van der Waals surface area contributed by atoms with E-state index < -0.39 is 16.4 Å². The molecule has 0 N–H and O–H groups in total. The Morgan fingerprint density at radius 2 is 2.08 bits per heavy atom. The van der Waals surface area contributed by atoms with Gasteiger partial charge in [-0.05, 0) is 18.2 Å². The summed E-state index contributed by atoms with van der Waals surface area (Å²) in [6.45, 7) is 0. The van der Waals surface area contributed by atoms with Crippen molar-refractivity contribution >= 4 is 44.9 Å². The van der Waals surface area contributed by atoms with Crippen molar-refractivity contribution in [1.29, 1.82) is 0 Å². The average molecular weight is 286 g/mol. The maximum Gasteiger partial charge on any atom is 0.198 e. The highest BCUT2D eigenvalue weighted by Gasteiger charge is 2.18. The van der Waals surface area contributed by atoms with Gasteiger partial charge >= 0.3 is 0 Å². The molecule has 0 aliphatic heterocycles. The van der Waals surface area contributed by atoms with Crippen LogP contribution in [0.15, 0.2) is 22.7 Å². The minimum absolute atomic E-state index is 0.107. The number of hydrogen-bond acceptors (Lipinski definition) is 1. The maximum atomic E-state index is 13.0. The van der Waals surface area contributed by atoms with Gasteiger partial charge in [0, 0.05) is 4.47 Å². The average Bonchev–Trinajstić information content (AvgIpc) is 2.08. The highest BCUT2D eigenvalue weighted by molar-refractivity contribution is 9.10. The van der Waals surface area contributed by atoms with Crippen LogP contribution in [0, 0.1) is 5.82 Å². The highest BCUT2D eigenvalue weighted by Crippen LogP contribution is 2.19. The second-order valence-corrected chi connectivity index (χ2v) is 4.30. The molecule has 70 valence electrons. The summed E-state index contributed by atoms with van der Waals surface area (Å²) in [4.78, 5) is 9.96. The number of halogens is 4. The first-order valence-electron chi connectivity index (χ1n) is 3.30. The molecule has 0 bridgehead atoms. The van der Waals surface area contributed by atoms with Crippen LogP contribution in [0.3, 0.4) is 0 Å². The van der Waals surface area contributed by atoms with E-state index >= 15 is 0 Å². The summed E-state index contributed by atoms with van der Waals surface area (Å²) in [7, 11) is 0. The summed E-state index contributed by atoms with van der Waals surface area (Å²) in [5.74, 6) is -1.26. The third-order valence-electron chi connectivity index (χ3n) is 1.39. The first kappa shape index (κ1) is 11.0. The van der Waals surface area contributed by atoms with Gasteiger partial charge in [0.25, 0.3) is 0 Å². The molecular weight excluding hydrogens is 282 g/mol. The predicted molar refractivity (Wildman–Crippen MR) is 53.9 cm³/mol. The molecule has 1 aromatic carbocycles. The van der Waals surface area contributed by atoms with Crippen LogP contribution >= 0.6 is 39.1 Å². The molecule has 1 aromatic rings. The van der Waals surface area contributed by atoms with Gasteiger partial charge in [-0.2, -0.15) is 0 Å². The Balaban J connectivity index is 3.13. The van der Waals surface area contributed by atoms with Crippen molar-refractivity contribution in [3.63, 3.8) is 0 Å². The van der Waals surface area contributed by atoms with Crippen LogP contribution in [0.1, 0.15) is 10.4 Å². The molecule has 0 saturated carbocycles. The van der Waals surface area contributed by atoms with Crippen molar-refractivity contribution < 1.29 is 9.18 Å². The lowest BCUT2D eigenvalue weighted by Crippen LogP contribution is -2.10. The molecule has 0 unspecified atom stereocenters. The Morgan fingerprint density at radius 1 is 1.46 bits per heavy atom. The number of ketones is 1. The standard InChI is InChI=1S/C8H4BrCl2FO/c9-4-1-2-6(12)5(3-4)7(13)8(10)11/h1-3,8H. The minimum Gasteiger partial charge on any atom is -0.291 e.